The fourth-order valence-electron chi connectivity index (χ4n) is 3.78. The highest BCUT2D eigenvalue weighted by Gasteiger charge is 2.22. The van der Waals surface area contributed by atoms with Crippen LogP contribution in [0.3, 0.4) is 0 Å². The predicted octanol–water partition coefficient (Wildman–Crippen LogP) is 5.93. The van der Waals surface area contributed by atoms with E-state index in [-0.39, 0.29) is 6.04 Å². The molecule has 0 amide bonds. The average Bonchev–Trinajstić information content (AvgIpc) is 3.30. The van der Waals surface area contributed by atoms with Crippen molar-refractivity contribution >= 4 is 11.3 Å². The van der Waals surface area contributed by atoms with Crippen molar-refractivity contribution in [2.75, 3.05) is 0 Å². The van der Waals surface area contributed by atoms with Gasteiger partial charge in [-0.15, -0.1) is 11.3 Å². The van der Waals surface area contributed by atoms with Gasteiger partial charge in [-0.25, -0.2) is 4.98 Å². The molecule has 0 atom stereocenters. The Morgan fingerprint density at radius 1 is 1.00 bits per heavy atom. The molecule has 0 aliphatic rings. The van der Waals surface area contributed by atoms with Crippen molar-refractivity contribution in [1.29, 1.82) is 5.26 Å². The van der Waals surface area contributed by atoms with Gasteiger partial charge in [0.25, 0.3) is 0 Å². The van der Waals surface area contributed by atoms with Gasteiger partial charge in [-0.1, -0.05) is 60.7 Å². The fourth-order valence-corrected chi connectivity index (χ4v) is 4.50. The lowest BCUT2D eigenvalue weighted by Gasteiger charge is -2.24. The van der Waals surface area contributed by atoms with Crippen LogP contribution in [0.1, 0.15) is 33.6 Å². The minimum absolute atomic E-state index is 0.105. The Hall–Kier alpha value is -3.16. The first-order chi connectivity index (χ1) is 13.7. The Balaban J connectivity index is 1.86. The van der Waals surface area contributed by atoms with E-state index in [2.05, 4.69) is 102 Å². The molecule has 4 rings (SSSR count). The monoisotopic (exact) mass is 383 g/mol. The third-order valence-corrected chi connectivity index (χ3v) is 5.88. The molecule has 0 aliphatic heterocycles. The SMILES string of the molecule is Cc1cc(-c2csc(CC#N)n2)c(C)n1C(c1ccccc1)c1ccccc1. The zero-order chi connectivity index (χ0) is 19.5. The van der Waals surface area contributed by atoms with E-state index in [1.807, 2.05) is 0 Å². The molecule has 138 valence electrons. The molecule has 0 saturated carbocycles. The Morgan fingerprint density at radius 3 is 2.18 bits per heavy atom. The Kier molecular flexibility index (Phi) is 5.10. The van der Waals surface area contributed by atoms with Gasteiger partial charge in [-0.2, -0.15) is 5.26 Å². The van der Waals surface area contributed by atoms with Crippen molar-refractivity contribution in [3.63, 3.8) is 0 Å². The highest BCUT2D eigenvalue weighted by atomic mass is 32.1. The molecule has 0 aliphatic carbocycles. The summed E-state index contributed by atoms with van der Waals surface area (Å²) in [5, 5.41) is 11.9. The molecule has 0 saturated heterocycles. The molecule has 28 heavy (non-hydrogen) atoms. The van der Waals surface area contributed by atoms with Crippen LogP contribution >= 0.6 is 11.3 Å². The van der Waals surface area contributed by atoms with Gasteiger partial charge in [-0.3, -0.25) is 0 Å². The molecule has 0 spiro atoms. The molecule has 0 bridgehead atoms. The third-order valence-electron chi connectivity index (χ3n) is 5.03. The Bertz CT molecular complexity index is 1080. The summed E-state index contributed by atoms with van der Waals surface area (Å²) in [5.41, 5.74) is 6.98. The molecule has 0 unspecified atom stereocenters. The smallest absolute Gasteiger partial charge is 0.107 e. The van der Waals surface area contributed by atoms with Crippen LogP contribution < -0.4 is 0 Å². The number of hydrogen-bond acceptors (Lipinski definition) is 3. The summed E-state index contributed by atoms with van der Waals surface area (Å²) >= 11 is 1.55. The van der Waals surface area contributed by atoms with E-state index >= 15 is 0 Å². The summed E-state index contributed by atoms with van der Waals surface area (Å²) in [6.45, 7) is 4.31. The summed E-state index contributed by atoms with van der Waals surface area (Å²) in [6.07, 6.45) is 0.361. The van der Waals surface area contributed by atoms with Gasteiger partial charge in [0.05, 0.1) is 24.2 Å². The zero-order valence-electron chi connectivity index (χ0n) is 16.0. The molecular formula is C24H21N3S. The maximum Gasteiger partial charge on any atom is 0.107 e. The summed E-state index contributed by atoms with van der Waals surface area (Å²) in [6, 6.07) is 25.7. The van der Waals surface area contributed by atoms with Gasteiger partial charge in [-0.05, 0) is 31.0 Å². The molecule has 4 aromatic rings. The molecule has 0 fully saturated rings. The normalized spacial score (nSPS) is 10.9. The number of thiazole rings is 1. The maximum atomic E-state index is 8.94. The molecule has 0 radical (unpaired) electrons. The van der Waals surface area contributed by atoms with E-state index in [1.54, 1.807) is 11.3 Å². The lowest BCUT2D eigenvalue weighted by atomic mass is 9.98. The van der Waals surface area contributed by atoms with Crippen molar-refractivity contribution in [3.05, 3.63) is 99.6 Å². The summed E-state index contributed by atoms with van der Waals surface area (Å²) in [5.74, 6) is 0. The van der Waals surface area contributed by atoms with Crippen molar-refractivity contribution in [2.45, 2.75) is 26.3 Å². The van der Waals surface area contributed by atoms with Crippen molar-refractivity contribution in [1.82, 2.24) is 9.55 Å². The van der Waals surface area contributed by atoms with Gasteiger partial charge in [0.15, 0.2) is 0 Å². The van der Waals surface area contributed by atoms with E-state index in [0.717, 1.165) is 16.3 Å². The number of aromatic nitrogens is 2. The van der Waals surface area contributed by atoms with Crippen molar-refractivity contribution in [3.8, 4) is 17.3 Å². The highest BCUT2D eigenvalue weighted by molar-refractivity contribution is 7.10. The van der Waals surface area contributed by atoms with Gasteiger partial charge >= 0.3 is 0 Å². The largest absolute Gasteiger partial charge is 0.337 e. The molecule has 0 N–H and O–H groups in total. The lowest BCUT2D eigenvalue weighted by molar-refractivity contribution is 0.645. The molecule has 3 nitrogen and oxygen atoms in total. The molecule has 2 heterocycles. The van der Waals surface area contributed by atoms with Gasteiger partial charge in [0.1, 0.15) is 5.01 Å². The molecular weight excluding hydrogens is 362 g/mol. The van der Waals surface area contributed by atoms with Crippen molar-refractivity contribution in [2.24, 2.45) is 0 Å². The standard InChI is InChI=1S/C24H21N3S/c1-17-15-21(22-16-28-23(26-22)13-14-25)18(2)27(17)24(19-9-5-3-6-10-19)20-11-7-4-8-12-20/h3-12,15-16,24H,13H2,1-2H3. The predicted molar refractivity (Wildman–Crippen MR) is 114 cm³/mol. The summed E-state index contributed by atoms with van der Waals surface area (Å²) < 4.78 is 2.39. The quantitative estimate of drug-likeness (QED) is 0.428. The maximum absolute atomic E-state index is 8.94. The third kappa shape index (κ3) is 3.37. The second-order valence-corrected chi connectivity index (χ2v) is 7.78. The van der Waals surface area contributed by atoms with Crippen LogP contribution in [-0.2, 0) is 6.42 Å². The van der Waals surface area contributed by atoms with E-state index in [4.69, 9.17) is 5.26 Å². The van der Waals surface area contributed by atoms with Crippen LogP contribution in [0, 0.1) is 25.2 Å². The Morgan fingerprint density at radius 2 is 1.61 bits per heavy atom. The van der Waals surface area contributed by atoms with E-state index in [0.29, 0.717) is 6.42 Å². The zero-order valence-corrected chi connectivity index (χ0v) is 16.8. The number of nitriles is 1. The van der Waals surface area contributed by atoms with Crippen LogP contribution in [0.4, 0.5) is 0 Å². The topological polar surface area (TPSA) is 41.6 Å². The first-order valence-electron chi connectivity index (χ1n) is 9.29. The van der Waals surface area contributed by atoms with Crippen molar-refractivity contribution < 1.29 is 0 Å². The van der Waals surface area contributed by atoms with E-state index < -0.39 is 0 Å². The number of rotatable bonds is 5. The molecule has 2 aromatic heterocycles. The van der Waals surface area contributed by atoms with Crippen LogP contribution in [0.15, 0.2) is 72.1 Å². The minimum Gasteiger partial charge on any atom is -0.337 e. The number of aryl methyl sites for hydroxylation is 1. The van der Waals surface area contributed by atoms with E-state index in [9.17, 15) is 0 Å². The van der Waals surface area contributed by atoms with Gasteiger partial charge < -0.3 is 4.57 Å². The number of benzene rings is 2. The molecule has 2 aromatic carbocycles. The lowest BCUT2D eigenvalue weighted by Crippen LogP contribution is -2.15. The van der Waals surface area contributed by atoms with Crippen LogP contribution in [0.25, 0.3) is 11.3 Å². The molecule has 4 heteroatoms. The number of hydrogen-bond donors (Lipinski definition) is 0. The summed E-state index contributed by atoms with van der Waals surface area (Å²) in [7, 11) is 0. The van der Waals surface area contributed by atoms with E-state index in [1.165, 1.54) is 22.5 Å². The van der Waals surface area contributed by atoms with Crippen LogP contribution in [0.2, 0.25) is 0 Å². The van der Waals surface area contributed by atoms with Gasteiger partial charge in [0.2, 0.25) is 0 Å². The first kappa shape index (κ1) is 18.2. The van der Waals surface area contributed by atoms with Crippen LogP contribution in [-0.4, -0.2) is 9.55 Å². The minimum atomic E-state index is 0.105. The summed E-state index contributed by atoms with van der Waals surface area (Å²) in [4.78, 5) is 4.67. The van der Waals surface area contributed by atoms with Crippen LogP contribution in [0.5, 0.6) is 0 Å². The Labute approximate surface area is 169 Å². The highest BCUT2D eigenvalue weighted by Crippen LogP contribution is 2.35. The second kappa shape index (κ2) is 7.84. The first-order valence-corrected chi connectivity index (χ1v) is 10.2. The average molecular weight is 384 g/mol. The van der Waals surface area contributed by atoms with Gasteiger partial charge in [0, 0.05) is 22.3 Å². The second-order valence-electron chi connectivity index (χ2n) is 6.84. The number of nitrogens with zero attached hydrogens (tertiary/aromatic N) is 3. The fraction of sp³-hybridized carbons (Fsp3) is 0.167.